The van der Waals surface area contributed by atoms with Crippen LogP contribution in [0, 0.1) is 0 Å². The van der Waals surface area contributed by atoms with Gasteiger partial charge >= 0.3 is 0 Å². The van der Waals surface area contributed by atoms with E-state index in [1.807, 2.05) is 10.6 Å². The van der Waals surface area contributed by atoms with Crippen molar-refractivity contribution >= 4 is 5.95 Å². The van der Waals surface area contributed by atoms with Gasteiger partial charge in [-0.2, -0.15) is 15.4 Å². The number of allylic oxidation sites excluding steroid dienone is 1. The van der Waals surface area contributed by atoms with Crippen molar-refractivity contribution < 1.29 is 4.74 Å². The van der Waals surface area contributed by atoms with E-state index in [-0.39, 0.29) is 5.54 Å². The minimum absolute atomic E-state index is 0.0293. The summed E-state index contributed by atoms with van der Waals surface area (Å²) in [7, 11) is 1.75. The van der Waals surface area contributed by atoms with Crippen LogP contribution in [0.4, 0.5) is 5.95 Å². The Morgan fingerprint density at radius 2 is 2.04 bits per heavy atom. The Morgan fingerprint density at radius 3 is 2.64 bits per heavy atom. The van der Waals surface area contributed by atoms with Crippen molar-refractivity contribution in [3.63, 3.8) is 0 Å². The fraction of sp³-hybridized carbons (Fsp3) is 0.625. The molecule has 0 aliphatic carbocycles. The minimum atomic E-state index is 0.0293. The highest BCUT2D eigenvalue weighted by Gasteiger charge is 2.31. The molecule has 3 heterocycles. The lowest BCUT2D eigenvalue weighted by Crippen LogP contribution is -2.56. The van der Waals surface area contributed by atoms with Gasteiger partial charge in [-0.05, 0) is 13.8 Å². The fourth-order valence-electron chi connectivity index (χ4n) is 3.28. The average Bonchev–Trinajstić information content (AvgIpc) is 3.25. The largest absolute Gasteiger partial charge is 0.383 e. The smallest absolute Gasteiger partial charge is 0.227 e. The molecule has 0 bridgehead atoms. The number of nitrogens with one attached hydrogen (secondary N) is 1. The molecule has 2 aromatic rings. The van der Waals surface area contributed by atoms with E-state index >= 15 is 0 Å². The number of aromatic amines is 1. The number of methoxy groups -OCH3 is 1. The van der Waals surface area contributed by atoms with Crippen molar-refractivity contribution in [1.29, 1.82) is 0 Å². The Bertz CT molecular complexity index is 685. The molecule has 0 unspecified atom stereocenters. The van der Waals surface area contributed by atoms with Crippen LogP contribution < -0.4 is 4.90 Å². The quantitative estimate of drug-likeness (QED) is 0.742. The maximum absolute atomic E-state index is 5.36. The number of nitrogens with zero attached hydrogens (tertiary/aromatic N) is 7. The first-order valence-electron chi connectivity index (χ1n) is 8.46. The third kappa shape index (κ3) is 3.57. The first-order valence-corrected chi connectivity index (χ1v) is 8.46. The zero-order chi connectivity index (χ0) is 17.9. The van der Waals surface area contributed by atoms with E-state index in [9.17, 15) is 0 Å². The molecule has 0 amide bonds. The molecule has 136 valence electrons. The number of ether oxygens (including phenoxy) is 1. The third-order valence-electron chi connectivity index (χ3n) is 4.60. The molecule has 9 nitrogen and oxygen atoms in total. The monoisotopic (exact) mass is 346 g/mol. The zero-order valence-electron chi connectivity index (χ0n) is 15.1. The van der Waals surface area contributed by atoms with Crippen LogP contribution in [-0.2, 0) is 11.3 Å². The van der Waals surface area contributed by atoms with Crippen LogP contribution in [0.5, 0.6) is 0 Å². The van der Waals surface area contributed by atoms with Gasteiger partial charge < -0.3 is 9.64 Å². The summed E-state index contributed by atoms with van der Waals surface area (Å²) in [6, 6.07) is 0. The van der Waals surface area contributed by atoms with Crippen molar-refractivity contribution in [2.45, 2.75) is 25.9 Å². The molecule has 0 spiro atoms. The third-order valence-corrected chi connectivity index (χ3v) is 4.60. The predicted octanol–water partition coefficient (Wildman–Crippen LogP) is 0.796. The molecule has 0 radical (unpaired) electrons. The second-order valence-corrected chi connectivity index (χ2v) is 6.80. The highest BCUT2D eigenvalue weighted by molar-refractivity contribution is 5.51. The minimum Gasteiger partial charge on any atom is -0.383 e. The van der Waals surface area contributed by atoms with E-state index in [2.05, 4.69) is 55.8 Å². The van der Waals surface area contributed by atoms with E-state index in [0.29, 0.717) is 18.1 Å². The Balaban J connectivity index is 1.76. The molecular weight excluding hydrogens is 320 g/mol. The summed E-state index contributed by atoms with van der Waals surface area (Å²) in [4.78, 5) is 4.72. The Labute approximate surface area is 147 Å². The van der Waals surface area contributed by atoms with Crippen molar-refractivity contribution in [2.24, 2.45) is 0 Å². The lowest BCUT2D eigenvalue weighted by Gasteiger charge is -2.43. The molecular formula is C16H26N8O. The Morgan fingerprint density at radius 1 is 1.28 bits per heavy atom. The topological polar surface area (TPSA) is 88.0 Å². The average molecular weight is 346 g/mol. The summed E-state index contributed by atoms with van der Waals surface area (Å²) < 4.78 is 7.39. The number of aromatic nitrogens is 6. The maximum Gasteiger partial charge on any atom is 0.227 e. The molecule has 25 heavy (non-hydrogen) atoms. The highest BCUT2D eigenvalue weighted by atomic mass is 16.5. The van der Waals surface area contributed by atoms with E-state index in [1.54, 1.807) is 13.3 Å². The Kier molecular flexibility index (Phi) is 5.14. The van der Waals surface area contributed by atoms with E-state index in [4.69, 9.17) is 4.74 Å². The summed E-state index contributed by atoms with van der Waals surface area (Å²) in [6.45, 7) is 13.3. The summed E-state index contributed by atoms with van der Waals surface area (Å²) in [6.07, 6.45) is 3.49. The van der Waals surface area contributed by atoms with Crippen LogP contribution in [0.15, 0.2) is 18.9 Å². The normalized spacial score (nSPS) is 16.4. The van der Waals surface area contributed by atoms with Gasteiger partial charge in [0.25, 0.3) is 0 Å². The Hall–Kier alpha value is -2.26. The van der Waals surface area contributed by atoms with Crippen LogP contribution in [-0.4, -0.2) is 80.5 Å². The first kappa shape index (κ1) is 17.6. The summed E-state index contributed by atoms with van der Waals surface area (Å²) in [5.41, 5.74) is 0.710. The number of anilines is 1. The molecule has 1 aliphatic rings. The fourth-order valence-corrected chi connectivity index (χ4v) is 3.28. The number of rotatable bonds is 7. The van der Waals surface area contributed by atoms with Crippen LogP contribution in [0.3, 0.4) is 0 Å². The van der Waals surface area contributed by atoms with Crippen LogP contribution in [0.25, 0.3) is 11.5 Å². The van der Waals surface area contributed by atoms with E-state index in [1.165, 1.54) is 0 Å². The highest BCUT2D eigenvalue weighted by Crippen LogP contribution is 2.24. The van der Waals surface area contributed by atoms with Gasteiger partial charge in [-0.1, -0.05) is 6.08 Å². The number of H-pyrrole nitrogens is 1. The summed E-state index contributed by atoms with van der Waals surface area (Å²) >= 11 is 0. The molecule has 0 saturated carbocycles. The first-order chi connectivity index (χ1) is 12.1. The maximum atomic E-state index is 5.36. The van der Waals surface area contributed by atoms with Crippen molar-refractivity contribution in [1.82, 2.24) is 35.1 Å². The van der Waals surface area contributed by atoms with Crippen molar-refractivity contribution in [2.75, 3.05) is 44.8 Å². The molecule has 1 aliphatic heterocycles. The van der Waals surface area contributed by atoms with Gasteiger partial charge in [0.2, 0.25) is 5.95 Å². The molecule has 1 saturated heterocycles. The van der Waals surface area contributed by atoms with Crippen LogP contribution >= 0.6 is 0 Å². The van der Waals surface area contributed by atoms with Crippen molar-refractivity contribution in [3.05, 3.63) is 18.9 Å². The lowest BCUT2D eigenvalue weighted by molar-refractivity contribution is 0.0299. The molecule has 3 rings (SSSR count). The second kappa shape index (κ2) is 7.32. The van der Waals surface area contributed by atoms with Gasteiger partial charge in [0.1, 0.15) is 5.69 Å². The van der Waals surface area contributed by atoms with E-state index in [0.717, 1.165) is 38.7 Å². The summed E-state index contributed by atoms with van der Waals surface area (Å²) in [5, 5.41) is 19.3. The SMILES string of the molecule is C=CCn1c(-c2cn[nH]n2)nnc1N1CCN(C(C)(C)COC)CC1. The molecule has 9 heteroatoms. The van der Waals surface area contributed by atoms with Crippen molar-refractivity contribution in [3.8, 4) is 11.5 Å². The van der Waals surface area contributed by atoms with Gasteiger partial charge in [0.15, 0.2) is 5.82 Å². The van der Waals surface area contributed by atoms with Gasteiger partial charge in [-0.25, -0.2) is 0 Å². The van der Waals surface area contributed by atoms with Gasteiger partial charge in [-0.3, -0.25) is 9.47 Å². The van der Waals surface area contributed by atoms with Crippen LogP contribution in [0.1, 0.15) is 13.8 Å². The van der Waals surface area contributed by atoms with Gasteiger partial charge in [0, 0.05) is 45.4 Å². The standard InChI is InChI=1S/C16H26N8O/c1-5-6-24-14(13-11-17-21-18-13)19-20-15(24)22-7-9-23(10-8-22)16(2,3)12-25-4/h5,11H,1,6-10,12H2,2-4H3,(H,17,18,21). The molecule has 1 N–H and O–H groups in total. The molecule has 0 aromatic carbocycles. The second-order valence-electron chi connectivity index (χ2n) is 6.80. The molecule has 1 fully saturated rings. The van der Waals surface area contributed by atoms with E-state index < -0.39 is 0 Å². The molecule has 2 aromatic heterocycles. The molecule has 0 atom stereocenters. The van der Waals surface area contributed by atoms with Crippen LogP contribution in [0.2, 0.25) is 0 Å². The van der Waals surface area contributed by atoms with Gasteiger partial charge in [-0.15, -0.1) is 16.8 Å². The summed E-state index contributed by atoms with van der Waals surface area (Å²) in [5.74, 6) is 1.55. The number of piperazine rings is 1. The van der Waals surface area contributed by atoms with Gasteiger partial charge in [0.05, 0.1) is 12.8 Å². The number of hydrogen-bond acceptors (Lipinski definition) is 7. The predicted molar refractivity (Wildman–Crippen MR) is 95.3 cm³/mol. The zero-order valence-corrected chi connectivity index (χ0v) is 15.1. The lowest BCUT2D eigenvalue weighted by atomic mass is 10.0. The number of hydrogen-bond donors (Lipinski definition) is 1.